The van der Waals surface area contributed by atoms with Crippen molar-refractivity contribution in [2.45, 2.75) is 42.5 Å². The third kappa shape index (κ3) is 5.40. The van der Waals surface area contributed by atoms with Crippen molar-refractivity contribution in [1.29, 1.82) is 0 Å². The number of anilines is 2. The van der Waals surface area contributed by atoms with Crippen molar-refractivity contribution in [2.24, 2.45) is 0 Å². The molecule has 1 heterocycles. The molecule has 1 aliphatic rings. The van der Waals surface area contributed by atoms with Gasteiger partial charge in [0.2, 0.25) is 15.9 Å². The van der Waals surface area contributed by atoms with Gasteiger partial charge < -0.3 is 14.4 Å². The van der Waals surface area contributed by atoms with E-state index in [0.717, 1.165) is 0 Å². The smallest absolute Gasteiger partial charge is 0.262 e. The van der Waals surface area contributed by atoms with Crippen molar-refractivity contribution in [3.8, 4) is 11.5 Å². The molecule has 0 unspecified atom stereocenters. The summed E-state index contributed by atoms with van der Waals surface area (Å²) in [4.78, 5) is 13.5. The lowest BCUT2D eigenvalue weighted by molar-refractivity contribution is -0.117. The van der Waals surface area contributed by atoms with Crippen molar-refractivity contribution >= 4 is 37.3 Å². The minimum Gasteiger partial charge on any atom is -0.495 e. The quantitative estimate of drug-likeness (QED) is 0.543. The Hall–Kier alpha value is -2.83. The highest BCUT2D eigenvalue weighted by molar-refractivity contribution is 7.92. The van der Waals surface area contributed by atoms with Crippen LogP contribution >= 0.6 is 0 Å². The Kier molecular flexibility index (Phi) is 7.20. The predicted molar refractivity (Wildman–Crippen MR) is 124 cm³/mol. The summed E-state index contributed by atoms with van der Waals surface area (Å²) in [6, 6.07) is 7.72. The number of carbonyl (C=O) groups excluding carboxylic acids is 1. The first kappa shape index (κ1) is 24.8. The maximum Gasteiger partial charge on any atom is 0.262 e. The number of ether oxygens (including phenoxy) is 2. The van der Waals surface area contributed by atoms with Crippen LogP contribution in [-0.4, -0.2) is 49.5 Å². The number of sulfonamides is 2. The van der Waals surface area contributed by atoms with E-state index in [-0.39, 0.29) is 33.2 Å². The van der Waals surface area contributed by atoms with E-state index in [2.05, 4.69) is 9.44 Å². The van der Waals surface area contributed by atoms with Gasteiger partial charge in [0.25, 0.3) is 10.0 Å². The molecule has 0 aromatic heterocycles. The zero-order valence-electron chi connectivity index (χ0n) is 18.8. The number of nitrogens with zero attached hydrogens (tertiary/aromatic N) is 1. The van der Waals surface area contributed by atoms with Gasteiger partial charge in [-0.1, -0.05) is 0 Å². The van der Waals surface area contributed by atoms with Crippen LogP contribution in [0.5, 0.6) is 11.5 Å². The van der Waals surface area contributed by atoms with Crippen LogP contribution in [0.4, 0.5) is 11.4 Å². The second-order valence-corrected chi connectivity index (χ2v) is 11.1. The van der Waals surface area contributed by atoms with Gasteiger partial charge >= 0.3 is 0 Å². The Morgan fingerprint density at radius 2 is 1.52 bits per heavy atom. The molecule has 2 aromatic rings. The third-order valence-electron chi connectivity index (χ3n) is 4.94. The zero-order valence-corrected chi connectivity index (χ0v) is 20.4. The summed E-state index contributed by atoms with van der Waals surface area (Å²) in [5.74, 6) is 0.396. The van der Waals surface area contributed by atoms with E-state index < -0.39 is 20.0 Å². The lowest BCUT2D eigenvalue weighted by atomic mass is 10.2. The average Bonchev–Trinajstić information content (AvgIpc) is 3.17. The lowest BCUT2D eigenvalue weighted by Crippen LogP contribution is -2.30. The highest BCUT2D eigenvalue weighted by Crippen LogP contribution is 2.35. The van der Waals surface area contributed by atoms with Crippen LogP contribution in [0.1, 0.15) is 26.7 Å². The molecule has 10 nitrogen and oxygen atoms in total. The highest BCUT2D eigenvalue weighted by atomic mass is 32.2. The fourth-order valence-electron chi connectivity index (χ4n) is 3.47. The molecule has 0 atom stereocenters. The van der Waals surface area contributed by atoms with Crippen LogP contribution in [0.2, 0.25) is 0 Å². The van der Waals surface area contributed by atoms with Crippen LogP contribution < -0.4 is 23.8 Å². The van der Waals surface area contributed by atoms with Crippen molar-refractivity contribution in [3.63, 3.8) is 0 Å². The fourth-order valence-corrected chi connectivity index (χ4v) is 5.82. The van der Waals surface area contributed by atoms with E-state index in [1.54, 1.807) is 13.8 Å². The van der Waals surface area contributed by atoms with Crippen LogP contribution in [0.25, 0.3) is 0 Å². The van der Waals surface area contributed by atoms with E-state index in [9.17, 15) is 21.6 Å². The summed E-state index contributed by atoms with van der Waals surface area (Å²) < 4.78 is 66.8. The van der Waals surface area contributed by atoms with Crippen LogP contribution in [0.15, 0.2) is 46.2 Å². The molecule has 0 saturated carbocycles. The summed E-state index contributed by atoms with van der Waals surface area (Å²) in [6.07, 6.45) is 1.04. The van der Waals surface area contributed by atoms with Gasteiger partial charge in [0, 0.05) is 19.0 Å². The first-order valence-electron chi connectivity index (χ1n) is 10.2. The van der Waals surface area contributed by atoms with E-state index in [4.69, 9.17) is 9.47 Å². The summed E-state index contributed by atoms with van der Waals surface area (Å²) in [5.41, 5.74) is 0.311. The van der Waals surface area contributed by atoms with Crippen molar-refractivity contribution in [1.82, 2.24) is 4.72 Å². The number of rotatable bonds is 9. The van der Waals surface area contributed by atoms with Gasteiger partial charge in [0.15, 0.2) is 0 Å². The number of carbonyl (C=O) groups is 1. The molecular formula is C21H27N3O7S2. The Balaban J connectivity index is 2.01. The molecule has 3 rings (SSSR count). The van der Waals surface area contributed by atoms with E-state index in [1.165, 1.54) is 55.5 Å². The summed E-state index contributed by atoms with van der Waals surface area (Å²) in [7, 11) is -5.24. The van der Waals surface area contributed by atoms with Gasteiger partial charge in [0.05, 0.1) is 35.4 Å². The number of nitrogens with one attached hydrogen (secondary N) is 2. The molecule has 12 heteroatoms. The molecule has 0 spiro atoms. The molecule has 0 radical (unpaired) electrons. The maximum atomic E-state index is 13.2. The van der Waals surface area contributed by atoms with Crippen molar-refractivity contribution in [2.75, 3.05) is 30.4 Å². The van der Waals surface area contributed by atoms with Gasteiger partial charge in [-0.25, -0.2) is 21.6 Å². The lowest BCUT2D eigenvalue weighted by Gasteiger charge is -2.20. The Morgan fingerprint density at radius 3 is 2.06 bits per heavy atom. The first-order valence-corrected chi connectivity index (χ1v) is 13.2. The molecule has 1 aliphatic heterocycles. The standard InChI is InChI=1S/C21H27N3O7S2/c1-14(2)22-32(26,27)15-7-9-19(30-3)17(12-15)23-33(28,29)16-8-10-20(31-4)18(13-16)24-11-5-6-21(24)25/h7-10,12-14,22-23H,5-6,11H2,1-4H3. The second-order valence-electron chi connectivity index (χ2n) is 7.73. The molecule has 0 aliphatic carbocycles. The molecular weight excluding hydrogens is 470 g/mol. The van der Waals surface area contributed by atoms with Gasteiger partial charge in [-0.05, 0) is 56.7 Å². The van der Waals surface area contributed by atoms with E-state index in [1.807, 2.05) is 0 Å². The molecule has 0 bridgehead atoms. The molecule has 1 saturated heterocycles. The number of methoxy groups -OCH3 is 2. The third-order valence-corrected chi connectivity index (χ3v) is 7.96. The SMILES string of the molecule is COc1ccc(S(=O)(=O)NC(C)C)cc1NS(=O)(=O)c1ccc(OC)c(N2CCCC2=O)c1. The average molecular weight is 498 g/mol. The zero-order chi connectivity index (χ0) is 24.4. The van der Waals surface area contributed by atoms with Crippen LogP contribution in [0, 0.1) is 0 Å². The Morgan fingerprint density at radius 1 is 0.909 bits per heavy atom. The molecule has 1 amide bonds. The van der Waals surface area contributed by atoms with Crippen LogP contribution in [0.3, 0.4) is 0 Å². The number of hydrogen-bond acceptors (Lipinski definition) is 7. The molecule has 2 aromatic carbocycles. The van der Waals surface area contributed by atoms with Gasteiger partial charge in [0.1, 0.15) is 11.5 Å². The normalized spacial score (nSPS) is 14.6. The van der Waals surface area contributed by atoms with Crippen molar-refractivity contribution in [3.05, 3.63) is 36.4 Å². The number of benzene rings is 2. The van der Waals surface area contributed by atoms with Gasteiger partial charge in [-0.2, -0.15) is 0 Å². The molecule has 2 N–H and O–H groups in total. The molecule has 1 fully saturated rings. The van der Waals surface area contributed by atoms with Crippen LogP contribution in [-0.2, 0) is 24.8 Å². The summed E-state index contributed by atoms with van der Waals surface area (Å²) in [5, 5.41) is 0. The van der Waals surface area contributed by atoms with E-state index in [0.29, 0.717) is 30.8 Å². The largest absolute Gasteiger partial charge is 0.495 e. The monoisotopic (exact) mass is 497 g/mol. The minimum absolute atomic E-state index is 0.0428. The fraction of sp³-hybridized carbons (Fsp3) is 0.381. The second kappa shape index (κ2) is 9.57. The predicted octanol–water partition coefficient (Wildman–Crippen LogP) is 2.32. The Bertz CT molecular complexity index is 1260. The molecule has 180 valence electrons. The summed E-state index contributed by atoms with van der Waals surface area (Å²) in [6.45, 7) is 3.82. The topological polar surface area (TPSA) is 131 Å². The maximum absolute atomic E-state index is 13.2. The summed E-state index contributed by atoms with van der Waals surface area (Å²) >= 11 is 0. The number of amides is 1. The van der Waals surface area contributed by atoms with Crippen molar-refractivity contribution < 1.29 is 31.1 Å². The molecule has 33 heavy (non-hydrogen) atoms. The van der Waals surface area contributed by atoms with Gasteiger partial charge in [-0.15, -0.1) is 0 Å². The Labute approximate surface area is 194 Å². The minimum atomic E-state index is -4.16. The highest BCUT2D eigenvalue weighted by Gasteiger charge is 2.27. The number of hydrogen-bond donors (Lipinski definition) is 2. The van der Waals surface area contributed by atoms with Gasteiger partial charge in [-0.3, -0.25) is 9.52 Å². The van der Waals surface area contributed by atoms with E-state index >= 15 is 0 Å². The first-order chi connectivity index (χ1) is 15.5.